The van der Waals surface area contributed by atoms with Crippen LogP contribution in [0.5, 0.6) is 17.2 Å². The minimum Gasteiger partial charge on any atom is -0.493 e. The molecule has 1 heterocycles. The van der Waals surface area contributed by atoms with E-state index in [1.807, 2.05) is 32.4 Å². The topological polar surface area (TPSA) is 60.3 Å². The Morgan fingerprint density at radius 1 is 1.19 bits per heavy atom. The molecule has 2 rings (SSSR count). The average molecular weight is 439 g/mol. The predicted octanol–water partition coefficient (Wildman–Crippen LogP) is 3.02. The highest BCUT2D eigenvalue weighted by Crippen LogP contribution is 2.39. The quantitative estimate of drug-likeness (QED) is 0.531. The Morgan fingerprint density at radius 2 is 1.89 bits per heavy atom. The van der Waals surface area contributed by atoms with E-state index in [0.717, 1.165) is 22.5 Å². The first kappa shape index (κ1) is 21.0. The van der Waals surface area contributed by atoms with Crippen molar-refractivity contribution < 1.29 is 14.2 Å². The zero-order valence-electron chi connectivity index (χ0n) is 16.7. The van der Waals surface area contributed by atoms with Gasteiger partial charge in [0, 0.05) is 49.6 Å². The molecule has 27 heavy (non-hydrogen) atoms. The molecule has 0 aliphatic carbocycles. The van der Waals surface area contributed by atoms with Crippen LogP contribution in [0.1, 0.15) is 11.3 Å². The second-order valence-corrected chi connectivity index (χ2v) is 6.93. The van der Waals surface area contributed by atoms with Crippen LogP contribution in [0.2, 0.25) is 0 Å². The molecule has 2 aromatic rings. The molecular formula is C19H27BrN4O3. The Bertz CT molecular complexity index is 804. The molecule has 148 valence electrons. The van der Waals surface area contributed by atoms with E-state index in [9.17, 15) is 0 Å². The number of aryl methyl sites for hydroxylation is 1. The summed E-state index contributed by atoms with van der Waals surface area (Å²) in [5, 5.41) is 3.37. The van der Waals surface area contributed by atoms with Crippen molar-refractivity contribution in [1.82, 2.24) is 14.8 Å². The highest BCUT2D eigenvalue weighted by atomic mass is 79.9. The zero-order chi connectivity index (χ0) is 20.0. The fourth-order valence-electron chi connectivity index (χ4n) is 2.90. The fraction of sp³-hybridized carbons (Fsp3) is 0.421. The number of ether oxygens (including phenoxy) is 3. The molecule has 1 aromatic heterocycles. The Hall–Kier alpha value is -2.35. The van der Waals surface area contributed by atoms with Crippen molar-refractivity contribution in [3.63, 3.8) is 0 Å². The Labute approximate surface area is 169 Å². The zero-order valence-corrected chi connectivity index (χ0v) is 18.3. The monoisotopic (exact) mass is 438 g/mol. The number of halogens is 1. The van der Waals surface area contributed by atoms with Crippen LogP contribution in [0.15, 0.2) is 33.9 Å². The number of nitrogens with one attached hydrogen (secondary N) is 1. The molecule has 0 aliphatic heterocycles. The summed E-state index contributed by atoms with van der Waals surface area (Å²) in [6.45, 7) is 1.27. The number of aromatic nitrogens is 1. The van der Waals surface area contributed by atoms with Crippen LogP contribution in [0.25, 0.3) is 0 Å². The van der Waals surface area contributed by atoms with Gasteiger partial charge in [0.25, 0.3) is 0 Å². The van der Waals surface area contributed by atoms with Crippen LogP contribution in [0.3, 0.4) is 0 Å². The van der Waals surface area contributed by atoms with Gasteiger partial charge in [-0.3, -0.25) is 4.99 Å². The summed E-state index contributed by atoms with van der Waals surface area (Å²) >= 11 is 3.51. The molecule has 1 N–H and O–H groups in total. The minimum absolute atomic E-state index is 0.539. The van der Waals surface area contributed by atoms with E-state index in [4.69, 9.17) is 14.2 Å². The van der Waals surface area contributed by atoms with Crippen molar-refractivity contribution in [3.8, 4) is 17.2 Å². The van der Waals surface area contributed by atoms with Gasteiger partial charge in [-0.2, -0.15) is 0 Å². The van der Waals surface area contributed by atoms with E-state index < -0.39 is 0 Å². The van der Waals surface area contributed by atoms with Crippen LogP contribution >= 0.6 is 15.9 Å². The smallest absolute Gasteiger partial charge is 0.203 e. The molecule has 0 radical (unpaired) electrons. The standard InChI is InChI=1S/C19H27BrN4O3/c1-21-19(24(3)12-15-9-14(20)11-23(15)2)22-10-13-7-8-16(25-4)18(27-6)17(13)26-5/h7-9,11H,10,12H2,1-6H3,(H,21,22). The summed E-state index contributed by atoms with van der Waals surface area (Å²) in [6.07, 6.45) is 2.04. The molecule has 0 saturated carbocycles. The summed E-state index contributed by atoms with van der Waals surface area (Å²) in [6, 6.07) is 5.92. The number of hydrogen-bond donors (Lipinski definition) is 1. The van der Waals surface area contributed by atoms with E-state index in [1.165, 1.54) is 5.69 Å². The first-order chi connectivity index (χ1) is 12.9. The summed E-state index contributed by atoms with van der Waals surface area (Å²) < 4.78 is 19.5. The van der Waals surface area contributed by atoms with Gasteiger partial charge < -0.3 is 29.0 Å². The maximum absolute atomic E-state index is 5.54. The van der Waals surface area contributed by atoms with Crippen LogP contribution in [-0.4, -0.2) is 50.9 Å². The van der Waals surface area contributed by atoms with Crippen molar-refractivity contribution in [1.29, 1.82) is 0 Å². The molecule has 0 bridgehead atoms. The Balaban J connectivity index is 2.13. The molecule has 1 aromatic carbocycles. The Kier molecular flexibility index (Phi) is 7.41. The van der Waals surface area contributed by atoms with Crippen molar-refractivity contribution in [2.75, 3.05) is 35.4 Å². The van der Waals surface area contributed by atoms with Crippen molar-refractivity contribution in [2.24, 2.45) is 12.0 Å². The first-order valence-electron chi connectivity index (χ1n) is 8.45. The fourth-order valence-corrected chi connectivity index (χ4v) is 3.47. The van der Waals surface area contributed by atoms with Gasteiger partial charge in [0.05, 0.1) is 27.9 Å². The van der Waals surface area contributed by atoms with E-state index >= 15 is 0 Å². The average Bonchev–Trinajstić information content (AvgIpc) is 2.98. The van der Waals surface area contributed by atoms with Crippen molar-refractivity contribution in [2.45, 2.75) is 13.1 Å². The van der Waals surface area contributed by atoms with Gasteiger partial charge in [-0.1, -0.05) is 0 Å². The Morgan fingerprint density at radius 3 is 2.41 bits per heavy atom. The van der Waals surface area contributed by atoms with Gasteiger partial charge in [-0.25, -0.2) is 0 Å². The van der Waals surface area contributed by atoms with Crippen LogP contribution < -0.4 is 19.5 Å². The molecule has 0 atom stereocenters. The van der Waals surface area contributed by atoms with Crippen molar-refractivity contribution in [3.05, 3.63) is 40.1 Å². The third kappa shape index (κ3) is 4.88. The van der Waals surface area contributed by atoms with Gasteiger partial charge in [-0.05, 0) is 34.1 Å². The summed E-state index contributed by atoms with van der Waals surface area (Å²) in [4.78, 5) is 6.45. The lowest BCUT2D eigenvalue weighted by molar-refractivity contribution is 0.322. The van der Waals surface area contributed by atoms with Crippen LogP contribution in [0.4, 0.5) is 0 Å². The molecule has 0 aliphatic rings. The van der Waals surface area contributed by atoms with E-state index in [2.05, 4.69) is 41.8 Å². The number of guanidine groups is 1. The molecule has 0 unspecified atom stereocenters. The third-order valence-electron chi connectivity index (χ3n) is 4.27. The molecule has 0 spiro atoms. The molecule has 0 amide bonds. The van der Waals surface area contributed by atoms with Gasteiger partial charge in [-0.15, -0.1) is 0 Å². The normalized spacial score (nSPS) is 11.3. The predicted molar refractivity (Wildman–Crippen MR) is 111 cm³/mol. The number of aliphatic imine (C=N–C) groups is 1. The largest absolute Gasteiger partial charge is 0.493 e. The second kappa shape index (κ2) is 9.55. The van der Waals surface area contributed by atoms with E-state index in [1.54, 1.807) is 28.4 Å². The maximum atomic E-state index is 5.54. The summed E-state index contributed by atoms with van der Waals surface area (Å²) in [5.74, 6) is 2.64. The minimum atomic E-state index is 0.539. The highest BCUT2D eigenvalue weighted by molar-refractivity contribution is 9.10. The number of hydrogen-bond acceptors (Lipinski definition) is 4. The maximum Gasteiger partial charge on any atom is 0.203 e. The SMILES string of the molecule is CN=C(NCc1ccc(OC)c(OC)c1OC)N(C)Cc1cc(Br)cn1C. The molecule has 0 saturated heterocycles. The third-order valence-corrected chi connectivity index (χ3v) is 4.70. The van der Waals surface area contributed by atoms with Gasteiger partial charge in [0.2, 0.25) is 5.75 Å². The van der Waals surface area contributed by atoms with Crippen LogP contribution in [-0.2, 0) is 20.1 Å². The second-order valence-electron chi connectivity index (χ2n) is 6.01. The number of rotatable bonds is 7. The van der Waals surface area contributed by atoms with Gasteiger partial charge in [0.1, 0.15) is 0 Å². The van der Waals surface area contributed by atoms with Gasteiger partial charge in [0.15, 0.2) is 17.5 Å². The molecule has 8 heteroatoms. The molecule has 0 fully saturated rings. The lowest BCUT2D eigenvalue weighted by atomic mass is 10.1. The lowest BCUT2D eigenvalue weighted by Gasteiger charge is -2.23. The summed E-state index contributed by atoms with van der Waals surface area (Å²) in [5.41, 5.74) is 2.13. The number of methoxy groups -OCH3 is 3. The molecular weight excluding hydrogens is 412 g/mol. The lowest BCUT2D eigenvalue weighted by Crippen LogP contribution is -2.38. The van der Waals surface area contributed by atoms with E-state index in [0.29, 0.717) is 23.8 Å². The first-order valence-corrected chi connectivity index (χ1v) is 9.24. The van der Waals surface area contributed by atoms with Gasteiger partial charge >= 0.3 is 0 Å². The van der Waals surface area contributed by atoms with E-state index in [-0.39, 0.29) is 0 Å². The van der Waals surface area contributed by atoms with Crippen LogP contribution in [0, 0.1) is 0 Å². The number of nitrogens with zero attached hydrogens (tertiary/aromatic N) is 3. The van der Waals surface area contributed by atoms with Crippen molar-refractivity contribution >= 4 is 21.9 Å². The molecule has 7 nitrogen and oxygen atoms in total. The number of benzene rings is 1. The summed E-state index contributed by atoms with van der Waals surface area (Å²) in [7, 11) is 10.6. The highest BCUT2D eigenvalue weighted by Gasteiger charge is 2.17.